The Bertz CT molecular complexity index is 664. The van der Waals surface area contributed by atoms with Crippen LogP contribution in [0.3, 0.4) is 0 Å². The van der Waals surface area contributed by atoms with Gasteiger partial charge in [0.25, 0.3) is 0 Å². The van der Waals surface area contributed by atoms with Crippen LogP contribution < -0.4 is 5.32 Å². The fourth-order valence-electron chi connectivity index (χ4n) is 3.06. The van der Waals surface area contributed by atoms with Crippen LogP contribution >= 0.6 is 0 Å². The molecule has 3 rings (SSSR count). The van der Waals surface area contributed by atoms with E-state index in [1.165, 1.54) is 0 Å². The number of nitrogens with zero attached hydrogens (tertiary/aromatic N) is 3. The lowest BCUT2D eigenvalue weighted by Gasteiger charge is -2.26. The highest BCUT2D eigenvalue weighted by molar-refractivity contribution is 5.83. The predicted molar refractivity (Wildman–Crippen MR) is 93.9 cm³/mol. The monoisotopic (exact) mass is 330 g/mol. The van der Waals surface area contributed by atoms with Gasteiger partial charge in [-0.1, -0.05) is 12.1 Å². The van der Waals surface area contributed by atoms with Gasteiger partial charge in [0, 0.05) is 19.6 Å². The maximum Gasteiger partial charge on any atom is 0.242 e. The number of carbonyl (C=O) groups excluding carboxylic acids is 1. The van der Waals surface area contributed by atoms with Crippen molar-refractivity contribution < 1.29 is 9.53 Å². The van der Waals surface area contributed by atoms with Gasteiger partial charge < -0.3 is 14.6 Å². The second kappa shape index (κ2) is 8.26. The first-order chi connectivity index (χ1) is 11.8. The number of hydrogen-bond acceptors (Lipinski definition) is 4. The third-order valence-corrected chi connectivity index (χ3v) is 4.58. The standard InChI is InChI=1S/C18H26N4O2/c1-15(22-14-20-16-6-2-3-7-17(16)22)18(23)19-8-4-5-9-21-10-12-24-13-11-21/h2-3,6-7,14-15H,4-5,8-13H2,1H3,(H,19,23)/t15-/m1/s1. The minimum atomic E-state index is -0.253. The minimum Gasteiger partial charge on any atom is -0.379 e. The second-order valence-corrected chi connectivity index (χ2v) is 6.27. The molecule has 0 bridgehead atoms. The summed E-state index contributed by atoms with van der Waals surface area (Å²) < 4.78 is 7.27. The highest BCUT2D eigenvalue weighted by atomic mass is 16.5. The third kappa shape index (κ3) is 4.13. The van der Waals surface area contributed by atoms with Crippen molar-refractivity contribution in [3.63, 3.8) is 0 Å². The Hall–Kier alpha value is -1.92. The highest BCUT2D eigenvalue weighted by Gasteiger charge is 2.16. The van der Waals surface area contributed by atoms with Gasteiger partial charge in [-0.15, -0.1) is 0 Å². The van der Waals surface area contributed by atoms with Crippen molar-refractivity contribution in [1.29, 1.82) is 0 Å². The highest BCUT2D eigenvalue weighted by Crippen LogP contribution is 2.17. The van der Waals surface area contributed by atoms with Crippen LogP contribution in [0.5, 0.6) is 0 Å². The molecule has 0 aliphatic carbocycles. The van der Waals surface area contributed by atoms with Gasteiger partial charge in [-0.3, -0.25) is 9.69 Å². The van der Waals surface area contributed by atoms with E-state index in [1.54, 1.807) is 6.33 Å². The van der Waals surface area contributed by atoms with Crippen molar-refractivity contribution in [2.45, 2.75) is 25.8 Å². The zero-order chi connectivity index (χ0) is 16.8. The lowest BCUT2D eigenvalue weighted by Crippen LogP contribution is -2.37. The first-order valence-corrected chi connectivity index (χ1v) is 8.75. The lowest BCUT2D eigenvalue weighted by atomic mass is 10.2. The van der Waals surface area contributed by atoms with E-state index in [0.717, 1.165) is 63.3 Å². The average molecular weight is 330 g/mol. The van der Waals surface area contributed by atoms with Gasteiger partial charge in [-0.25, -0.2) is 4.98 Å². The quantitative estimate of drug-likeness (QED) is 0.787. The topological polar surface area (TPSA) is 59.4 Å². The molecule has 130 valence electrons. The number of imidazole rings is 1. The molecule has 0 radical (unpaired) electrons. The number of morpholine rings is 1. The number of ether oxygens (including phenoxy) is 1. The van der Waals surface area contributed by atoms with Crippen LogP contribution in [0.1, 0.15) is 25.8 Å². The maximum absolute atomic E-state index is 12.4. The summed E-state index contributed by atoms with van der Waals surface area (Å²) in [6.07, 6.45) is 3.84. The normalized spacial score (nSPS) is 17.0. The maximum atomic E-state index is 12.4. The van der Waals surface area contributed by atoms with E-state index in [0.29, 0.717) is 0 Å². The summed E-state index contributed by atoms with van der Waals surface area (Å²) in [5.74, 6) is 0.0459. The van der Waals surface area contributed by atoms with Crippen molar-refractivity contribution in [3.05, 3.63) is 30.6 Å². The van der Waals surface area contributed by atoms with E-state index in [4.69, 9.17) is 4.74 Å². The molecule has 6 nitrogen and oxygen atoms in total. The number of unbranched alkanes of at least 4 members (excludes halogenated alkanes) is 1. The van der Waals surface area contributed by atoms with Crippen molar-refractivity contribution in [2.24, 2.45) is 0 Å². The Labute approximate surface area is 142 Å². The zero-order valence-corrected chi connectivity index (χ0v) is 14.3. The number of nitrogens with one attached hydrogen (secondary N) is 1. The average Bonchev–Trinajstić information content (AvgIpc) is 3.05. The van der Waals surface area contributed by atoms with Crippen molar-refractivity contribution >= 4 is 16.9 Å². The van der Waals surface area contributed by atoms with Gasteiger partial charge in [0.1, 0.15) is 6.04 Å². The molecule has 1 fully saturated rings. The second-order valence-electron chi connectivity index (χ2n) is 6.27. The van der Waals surface area contributed by atoms with Crippen LogP contribution in [0.2, 0.25) is 0 Å². The Balaban J connectivity index is 1.41. The smallest absolute Gasteiger partial charge is 0.242 e. The fraction of sp³-hybridized carbons (Fsp3) is 0.556. The first-order valence-electron chi connectivity index (χ1n) is 8.75. The van der Waals surface area contributed by atoms with Crippen LogP contribution in [0, 0.1) is 0 Å². The van der Waals surface area contributed by atoms with E-state index in [1.807, 2.05) is 35.8 Å². The largest absolute Gasteiger partial charge is 0.379 e. The summed E-state index contributed by atoms with van der Waals surface area (Å²) in [5, 5.41) is 3.04. The van der Waals surface area contributed by atoms with E-state index in [2.05, 4.69) is 15.2 Å². The molecule has 0 saturated carbocycles. The van der Waals surface area contributed by atoms with Crippen LogP contribution in [0.15, 0.2) is 30.6 Å². The molecule has 1 atom stereocenters. The summed E-state index contributed by atoms with van der Waals surface area (Å²) in [6.45, 7) is 7.45. The van der Waals surface area contributed by atoms with Crippen LogP contribution in [0.4, 0.5) is 0 Å². The molecular weight excluding hydrogens is 304 g/mol. The third-order valence-electron chi connectivity index (χ3n) is 4.58. The lowest BCUT2D eigenvalue weighted by molar-refractivity contribution is -0.123. The van der Waals surface area contributed by atoms with Crippen LogP contribution in [-0.2, 0) is 9.53 Å². The Morgan fingerprint density at radius 2 is 2.08 bits per heavy atom. The van der Waals surface area contributed by atoms with E-state index >= 15 is 0 Å². The van der Waals surface area contributed by atoms with Crippen molar-refractivity contribution in [3.8, 4) is 0 Å². The number of aromatic nitrogens is 2. The van der Waals surface area contributed by atoms with Gasteiger partial charge in [0.15, 0.2) is 0 Å². The molecule has 0 unspecified atom stereocenters. The SMILES string of the molecule is C[C@H](C(=O)NCCCCN1CCOCC1)n1cnc2ccccc21. The molecule has 24 heavy (non-hydrogen) atoms. The van der Waals surface area contributed by atoms with Gasteiger partial charge in [0.2, 0.25) is 5.91 Å². The summed E-state index contributed by atoms with van der Waals surface area (Å²) in [6, 6.07) is 7.63. The molecule has 1 amide bonds. The van der Waals surface area contributed by atoms with Crippen molar-refractivity contribution in [2.75, 3.05) is 39.4 Å². The molecule has 1 aliphatic rings. The molecular formula is C18H26N4O2. The summed E-state index contributed by atoms with van der Waals surface area (Å²) >= 11 is 0. The first kappa shape index (κ1) is 16.9. The van der Waals surface area contributed by atoms with Gasteiger partial charge in [-0.2, -0.15) is 0 Å². The fourth-order valence-corrected chi connectivity index (χ4v) is 3.06. The molecule has 0 spiro atoms. The predicted octanol–water partition coefficient (Wildman–Crippen LogP) is 1.83. The Morgan fingerprint density at radius 1 is 1.29 bits per heavy atom. The van der Waals surface area contributed by atoms with Crippen LogP contribution in [-0.4, -0.2) is 59.8 Å². The number of fused-ring (bicyclic) bond motifs is 1. The molecule has 1 aromatic carbocycles. The summed E-state index contributed by atoms with van der Waals surface area (Å²) in [7, 11) is 0. The summed E-state index contributed by atoms with van der Waals surface area (Å²) in [4.78, 5) is 19.1. The molecule has 6 heteroatoms. The number of carbonyl (C=O) groups is 1. The summed E-state index contributed by atoms with van der Waals surface area (Å²) in [5.41, 5.74) is 1.91. The molecule has 1 N–H and O–H groups in total. The zero-order valence-electron chi connectivity index (χ0n) is 14.3. The van der Waals surface area contributed by atoms with Gasteiger partial charge in [-0.05, 0) is 38.4 Å². The number of para-hydroxylation sites is 2. The number of benzene rings is 1. The number of amides is 1. The molecule has 1 saturated heterocycles. The van der Waals surface area contributed by atoms with E-state index < -0.39 is 0 Å². The van der Waals surface area contributed by atoms with Gasteiger partial charge >= 0.3 is 0 Å². The number of hydrogen-bond donors (Lipinski definition) is 1. The van der Waals surface area contributed by atoms with E-state index in [9.17, 15) is 4.79 Å². The van der Waals surface area contributed by atoms with Gasteiger partial charge in [0.05, 0.1) is 30.6 Å². The van der Waals surface area contributed by atoms with Crippen LogP contribution in [0.25, 0.3) is 11.0 Å². The Kier molecular flexibility index (Phi) is 5.82. The molecule has 2 heterocycles. The molecule has 1 aliphatic heterocycles. The van der Waals surface area contributed by atoms with E-state index in [-0.39, 0.29) is 11.9 Å². The number of rotatable bonds is 7. The van der Waals surface area contributed by atoms with Crippen molar-refractivity contribution in [1.82, 2.24) is 19.8 Å². The molecule has 1 aromatic heterocycles. The Morgan fingerprint density at radius 3 is 2.92 bits per heavy atom. The molecule has 2 aromatic rings. The minimum absolute atomic E-state index is 0.0459.